The van der Waals surface area contributed by atoms with Gasteiger partial charge in [-0.3, -0.25) is 4.79 Å². The Morgan fingerprint density at radius 2 is 1.85 bits per heavy atom. The van der Waals surface area contributed by atoms with Crippen molar-refractivity contribution in [3.63, 3.8) is 0 Å². The number of nitrogens with one attached hydrogen (secondary N) is 1. The average Bonchev–Trinajstić information content (AvgIpc) is 2.60. The van der Waals surface area contributed by atoms with Gasteiger partial charge in [-0.15, -0.1) is 0 Å². The second-order valence-corrected chi connectivity index (χ2v) is 7.83. The number of pyridine rings is 1. The molecule has 1 amide bonds. The highest BCUT2D eigenvalue weighted by atomic mass is 32.2. The minimum atomic E-state index is -3.56. The van der Waals surface area contributed by atoms with Crippen LogP contribution in [0.25, 0.3) is 0 Å². The number of aromatic nitrogens is 1. The third-order valence-corrected chi connectivity index (χ3v) is 5.26. The molecule has 0 radical (unpaired) electrons. The fourth-order valence-electron chi connectivity index (χ4n) is 2.04. The Kier molecular flexibility index (Phi) is 6.08. The van der Waals surface area contributed by atoms with Crippen molar-refractivity contribution in [1.29, 1.82) is 0 Å². The molecule has 144 valence electrons. The van der Waals surface area contributed by atoms with E-state index in [0.717, 1.165) is 4.31 Å². The number of benzene rings is 1. The van der Waals surface area contributed by atoms with Crippen LogP contribution < -0.4 is 10.1 Å². The van der Waals surface area contributed by atoms with E-state index in [1.54, 1.807) is 6.92 Å². The number of nitrogens with zero attached hydrogens (tertiary/aromatic N) is 3. The number of carbonyl (C=O) groups is 1. The molecule has 11 heteroatoms. The van der Waals surface area contributed by atoms with Gasteiger partial charge >= 0.3 is 5.82 Å². The predicted octanol–water partition coefficient (Wildman–Crippen LogP) is 1.57. The molecule has 0 spiro atoms. The van der Waals surface area contributed by atoms with Crippen molar-refractivity contribution < 1.29 is 22.9 Å². The maximum absolute atomic E-state index is 12.0. The monoisotopic (exact) mass is 394 g/mol. The van der Waals surface area contributed by atoms with Crippen molar-refractivity contribution >= 4 is 27.4 Å². The summed E-state index contributed by atoms with van der Waals surface area (Å²) in [6.45, 7) is 1.13. The van der Waals surface area contributed by atoms with E-state index in [1.165, 1.54) is 50.5 Å². The summed E-state index contributed by atoms with van der Waals surface area (Å²) < 4.78 is 30.2. The minimum absolute atomic E-state index is 0.0862. The number of anilines is 1. The highest BCUT2D eigenvalue weighted by Gasteiger charge is 2.19. The molecule has 0 aliphatic carbocycles. The number of ether oxygens (including phenoxy) is 1. The first-order valence-corrected chi connectivity index (χ1v) is 9.12. The van der Waals surface area contributed by atoms with Gasteiger partial charge in [0.2, 0.25) is 15.8 Å². The first-order valence-electron chi connectivity index (χ1n) is 7.68. The fourth-order valence-corrected chi connectivity index (χ4v) is 2.94. The van der Waals surface area contributed by atoms with Crippen molar-refractivity contribution in [1.82, 2.24) is 9.29 Å². The molecule has 1 aromatic carbocycles. The lowest BCUT2D eigenvalue weighted by Crippen LogP contribution is -2.22. The van der Waals surface area contributed by atoms with Gasteiger partial charge in [-0.2, -0.15) is 0 Å². The molecule has 0 saturated heterocycles. The van der Waals surface area contributed by atoms with Gasteiger partial charge in [-0.05, 0) is 46.3 Å². The van der Waals surface area contributed by atoms with E-state index in [1.807, 2.05) is 0 Å². The van der Waals surface area contributed by atoms with Gasteiger partial charge in [0.15, 0.2) is 6.61 Å². The standard InChI is InChI=1S/C16H18N4O6S/c1-11-4-9-14(16(17-11)20(22)23)26-10-15(21)18-12-5-7-13(8-6-12)27(24,25)19(2)3/h4-9H,10H2,1-3H3,(H,18,21). The van der Waals surface area contributed by atoms with Gasteiger partial charge in [0.05, 0.1) is 4.90 Å². The Balaban J connectivity index is 2.02. The van der Waals surface area contributed by atoms with Crippen LogP contribution in [0.1, 0.15) is 5.69 Å². The summed E-state index contributed by atoms with van der Waals surface area (Å²) in [5.74, 6) is -1.15. The van der Waals surface area contributed by atoms with Crippen LogP contribution >= 0.6 is 0 Å². The number of aryl methyl sites for hydroxylation is 1. The third-order valence-electron chi connectivity index (χ3n) is 3.43. The quantitative estimate of drug-likeness (QED) is 0.557. The molecule has 27 heavy (non-hydrogen) atoms. The van der Waals surface area contributed by atoms with E-state index < -0.39 is 33.3 Å². The highest BCUT2D eigenvalue weighted by Crippen LogP contribution is 2.24. The molecule has 0 unspecified atom stereocenters. The number of hydrogen-bond donors (Lipinski definition) is 1. The van der Waals surface area contributed by atoms with Crippen molar-refractivity contribution in [2.45, 2.75) is 11.8 Å². The number of nitro groups is 1. The number of carbonyl (C=O) groups excluding carboxylic acids is 1. The molecule has 0 atom stereocenters. The third kappa shape index (κ3) is 4.99. The van der Waals surface area contributed by atoms with Gasteiger partial charge in [0.1, 0.15) is 5.69 Å². The Hall–Kier alpha value is -3.05. The summed E-state index contributed by atoms with van der Waals surface area (Å²) >= 11 is 0. The van der Waals surface area contributed by atoms with Crippen molar-refractivity contribution in [2.24, 2.45) is 0 Å². The molecule has 0 fully saturated rings. The summed E-state index contributed by atoms with van der Waals surface area (Å²) in [6, 6.07) is 8.49. The van der Waals surface area contributed by atoms with Crippen LogP contribution in [0.2, 0.25) is 0 Å². The normalized spacial score (nSPS) is 11.3. The van der Waals surface area contributed by atoms with Crippen molar-refractivity contribution in [2.75, 3.05) is 26.0 Å². The van der Waals surface area contributed by atoms with Gasteiger partial charge in [-0.25, -0.2) is 12.7 Å². The SMILES string of the molecule is Cc1ccc(OCC(=O)Nc2ccc(S(=O)(=O)N(C)C)cc2)c([N+](=O)[O-])n1. The van der Waals surface area contributed by atoms with E-state index >= 15 is 0 Å². The first kappa shape index (κ1) is 20.3. The lowest BCUT2D eigenvalue weighted by molar-refractivity contribution is -0.390. The van der Waals surface area contributed by atoms with E-state index in [0.29, 0.717) is 11.4 Å². The van der Waals surface area contributed by atoms with Crippen LogP contribution in [0, 0.1) is 17.0 Å². The summed E-state index contributed by atoms with van der Waals surface area (Å²) in [6.07, 6.45) is 0. The Morgan fingerprint density at radius 1 is 1.22 bits per heavy atom. The van der Waals surface area contributed by atoms with E-state index in [9.17, 15) is 23.3 Å². The molecule has 2 rings (SSSR count). The zero-order chi connectivity index (χ0) is 20.2. The molecule has 0 aliphatic rings. The molecule has 1 heterocycles. The van der Waals surface area contributed by atoms with E-state index in [-0.39, 0.29) is 10.6 Å². The molecule has 1 aromatic heterocycles. The molecular weight excluding hydrogens is 376 g/mol. The van der Waals surface area contributed by atoms with Gasteiger partial charge in [0.25, 0.3) is 5.91 Å². The van der Waals surface area contributed by atoms with Gasteiger partial charge < -0.3 is 20.2 Å². The lowest BCUT2D eigenvalue weighted by atomic mass is 10.3. The summed E-state index contributed by atoms with van der Waals surface area (Å²) in [7, 11) is -0.723. The molecule has 0 saturated carbocycles. The number of rotatable bonds is 7. The predicted molar refractivity (Wildman–Crippen MR) is 97.1 cm³/mol. The Bertz CT molecular complexity index is 957. The molecule has 0 bridgehead atoms. The molecule has 1 N–H and O–H groups in total. The maximum atomic E-state index is 12.0. The lowest BCUT2D eigenvalue weighted by Gasteiger charge is -2.12. The Morgan fingerprint density at radius 3 is 2.41 bits per heavy atom. The molecule has 10 nitrogen and oxygen atoms in total. The second kappa shape index (κ2) is 8.10. The maximum Gasteiger partial charge on any atom is 0.406 e. The minimum Gasteiger partial charge on any atom is -0.476 e. The largest absolute Gasteiger partial charge is 0.476 e. The summed E-state index contributed by atoms with van der Waals surface area (Å²) in [5.41, 5.74) is 0.809. The Labute approximate surface area is 156 Å². The topological polar surface area (TPSA) is 132 Å². The highest BCUT2D eigenvalue weighted by molar-refractivity contribution is 7.89. The van der Waals surface area contributed by atoms with Gasteiger partial charge in [-0.1, -0.05) is 0 Å². The van der Waals surface area contributed by atoms with Crippen molar-refractivity contribution in [3.8, 4) is 5.75 Å². The molecule has 2 aromatic rings. The molecular formula is C16H18N4O6S. The van der Waals surface area contributed by atoms with E-state index in [2.05, 4.69) is 10.3 Å². The van der Waals surface area contributed by atoms with Crippen LogP contribution in [0.15, 0.2) is 41.3 Å². The van der Waals surface area contributed by atoms with Crippen molar-refractivity contribution in [3.05, 3.63) is 52.2 Å². The summed E-state index contributed by atoms with van der Waals surface area (Å²) in [4.78, 5) is 26.1. The number of amides is 1. The smallest absolute Gasteiger partial charge is 0.406 e. The molecule has 0 aliphatic heterocycles. The number of sulfonamides is 1. The zero-order valence-electron chi connectivity index (χ0n) is 14.9. The van der Waals surface area contributed by atoms with Gasteiger partial charge in [0, 0.05) is 26.7 Å². The van der Waals surface area contributed by atoms with Crippen LogP contribution in [-0.2, 0) is 14.8 Å². The fraction of sp³-hybridized carbons (Fsp3) is 0.250. The average molecular weight is 394 g/mol. The van der Waals surface area contributed by atoms with Crippen LogP contribution in [0.4, 0.5) is 11.5 Å². The zero-order valence-corrected chi connectivity index (χ0v) is 15.7. The van der Waals surface area contributed by atoms with Crippen LogP contribution in [-0.4, -0.2) is 49.2 Å². The summed E-state index contributed by atoms with van der Waals surface area (Å²) in [5, 5.41) is 13.5. The number of hydrogen-bond acceptors (Lipinski definition) is 7. The van der Waals surface area contributed by atoms with E-state index in [4.69, 9.17) is 4.74 Å². The second-order valence-electron chi connectivity index (χ2n) is 5.68. The van der Waals surface area contributed by atoms with Crippen LogP contribution in [0.5, 0.6) is 5.75 Å². The first-order chi connectivity index (χ1) is 12.6. The van der Waals surface area contributed by atoms with Crippen LogP contribution in [0.3, 0.4) is 0 Å².